The van der Waals surface area contributed by atoms with Gasteiger partial charge in [0, 0.05) is 12.6 Å². The number of nitrogens with one attached hydrogen (secondary N) is 1. The molecule has 0 saturated heterocycles. The van der Waals surface area contributed by atoms with Crippen molar-refractivity contribution in [3.05, 3.63) is 83.4 Å². The molecule has 1 amide bonds. The fraction of sp³-hybridized carbons (Fsp3) is 0.182. The number of hydrogen-bond acceptors (Lipinski definition) is 6. The first-order valence-corrected chi connectivity index (χ1v) is 11.5. The number of benzene rings is 2. The largest absolute Gasteiger partial charge is 0.573 e. The Bertz CT molecular complexity index is 1400. The van der Waals surface area contributed by atoms with Crippen molar-refractivity contribution >= 4 is 15.9 Å². The molecule has 3 N–H and O–H groups in total. The Morgan fingerprint density at radius 3 is 2.57 bits per heavy atom. The van der Waals surface area contributed by atoms with Gasteiger partial charge in [-0.3, -0.25) is 9.78 Å². The van der Waals surface area contributed by atoms with Crippen molar-refractivity contribution in [2.45, 2.75) is 23.2 Å². The Kier molecular flexibility index (Phi) is 6.15. The van der Waals surface area contributed by atoms with Crippen LogP contribution in [0, 0.1) is 5.82 Å². The van der Waals surface area contributed by atoms with E-state index in [1.54, 1.807) is 0 Å². The second-order valence-electron chi connectivity index (χ2n) is 7.51. The molecule has 0 spiro atoms. The van der Waals surface area contributed by atoms with Crippen LogP contribution in [-0.2, 0) is 15.6 Å². The smallest absolute Gasteiger partial charge is 0.491 e. The third kappa shape index (κ3) is 4.77. The molecule has 13 heteroatoms. The van der Waals surface area contributed by atoms with E-state index in [1.807, 2.05) is 0 Å². The van der Waals surface area contributed by atoms with Gasteiger partial charge in [0.25, 0.3) is 0 Å². The van der Waals surface area contributed by atoms with Crippen LogP contribution in [0.1, 0.15) is 28.0 Å². The number of ether oxygens (including phenoxy) is 2. The Balaban J connectivity index is 1.89. The Morgan fingerprint density at radius 2 is 1.89 bits per heavy atom. The van der Waals surface area contributed by atoms with Gasteiger partial charge in [-0.05, 0) is 42.0 Å². The van der Waals surface area contributed by atoms with Gasteiger partial charge < -0.3 is 15.2 Å². The number of fused-ring (bicyclic) bond motifs is 1. The lowest BCUT2D eigenvalue weighted by Crippen LogP contribution is -2.50. The van der Waals surface area contributed by atoms with Crippen LogP contribution >= 0.6 is 0 Å². The van der Waals surface area contributed by atoms with Crippen LogP contribution in [0.15, 0.2) is 65.7 Å². The molecule has 0 radical (unpaired) electrons. The number of hydrogen-bond donors (Lipinski definition) is 2. The summed E-state index contributed by atoms with van der Waals surface area (Å²) >= 11 is 0. The molecule has 0 aliphatic carbocycles. The molecule has 1 aliphatic heterocycles. The van der Waals surface area contributed by atoms with Gasteiger partial charge in [0.05, 0.1) is 17.1 Å². The number of nitrogens with zero attached hydrogens (tertiary/aromatic N) is 1. The van der Waals surface area contributed by atoms with Crippen molar-refractivity contribution in [1.82, 2.24) is 9.71 Å². The van der Waals surface area contributed by atoms with E-state index < -0.39 is 44.3 Å². The molecule has 184 valence electrons. The summed E-state index contributed by atoms with van der Waals surface area (Å²) in [6, 6.07) is 10.8. The van der Waals surface area contributed by atoms with Crippen molar-refractivity contribution in [3.8, 4) is 11.5 Å². The van der Waals surface area contributed by atoms with Gasteiger partial charge in [0.1, 0.15) is 17.0 Å². The van der Waals surface area contributed by atoms with Gasteiger partial charge in [-0.1, -0.05) is 18.2 Å². The van der Waals surface area contributed by atoms with E-state index in [-0.39, 0.29) is 35.6 Å². The summed E-state index contributed by atoms with van der Waals surface area (Å²) in [4.78, 5) is 15.6. The van der Waals surface area contributed by atoms with E-state index in [4.69, 9.17) is 10.5 Å². The van der Waals surface area contributed by atoms with E-state index >= 15 is 0 Å². The highest BCUT2D eigenvalue weighted by molar-refractivity contribution is 7.89. The fourth-order valence-corrected chi connectivity index (χ4v) is 5.46. The molecule has 1 aromatic heterocycles. The van der Waals surface area contributed by atoms with Crippen molar-refractivity contribution in [3.63, 3.8) is 0 Å². The van der Waals surface area contributed by atoms with Gasteiger partial charge in [0.2, 0.25) is 15.9 Å². The van der Waals surface area contributed by atoms with E-state index in [2.05, 4.69) is 14.4 Å². The highest BCUT2D eigenvalue weighted by Crippen LogP contribution is 2.43. The van der Waals surface area contributed by atoms with Crippen LogP contribution in [0.3, 0.4) is 0 Å². The minimum absolute atomic E-state index is 0.0406. The number of halogens is 4. The number of pyridine rings is 1. The van der Waals surface area contributed by atoms with Crippen LogP contribution in [-0.4, -0.2) is 32.3 Å². The number of alkyl halides is 3. The molecule has 2 heterocycles. The maximum Gasteiger partial charge on any atom is 0.573 e. The Hall–Kier alpha value is -3.71. The summed E-state index contributed by atoms with van der Waals surface area (Å²) in [6.07, 6.45) is -3.88. The predicted molar refractivity (Wildman–Crippen MR) is 113 cm³/mol. The first-order valence-electron chi connectivity index (χ1n) is 10.00. The molecule has 35 heavy (non-hydrogen) atoms. The minimum atomic E-state index is -5.13. The average Bonchev–Trinajstić information content (AvgIpc) is 2.79. The predicted octanol–water partition coefficient (Wildman–Crippen LogP) is 3.22. The normalized spacial score (nSPS) is 17.8. The monoisotopic (exact) mass is 511 g/mol. The van der Waals surface area contributed by atoms with Crippen molar-refractivity contribution in [1.29, 1.82) is 0 Å². The number of carbonyl (C=O) groups is 1. The van der Waals surface area contributed by atoms with Crippen LogP contribution < -0.4 is 19.9 Å². The minimum Gasteiger partial charge on any atom is -0.491 e. The number of rotatable bonds is 6. The standard InChI is InChI=1S/C22H17F4N3O5S/c23-15-12-13(7-8-16(15)34-22(24,25)26)21(9-11-33-17-5-3-10-28-19(17)21)29-35(31,32)18-6-2-1-4-14(18)20(27)30/h1-8,10,12,29H,9,11H2,(H2,27,30)/t21-/m0/s1. The van der Waals surface area contributed by atoms with E-state index in [0.717, 1.165) is 24.3 Å². The quantitative estimate of drug-likeness (QED) is 0.491. The molecule has 0 unspecified atom stereocenters. The molecular weight excluding hydrogens is 494 g/mol. The van der Waals surface area contributed by atoms with Crippen LogP contribution in [0.25, 0.3) is 0 Å². The summed E-state index contributed by atoms with van der Waals surface area (Å²) in [5, 5.41) is 0. The molecule has 8 nitrogen and oxygen atoms in total. The Labute approximate surface area is 196 Å². The zero-order valence-corrected chi connectivity index (χ0v) is 18.5. The summed E-state index contributed by atoms with van der Waals surface area (Å²) in [7, 11) is -4.52. The third-order valence-electron chi connectivity index (χ3n) is 5.31. The number of aromatic nitrogens is 1. The van der Waals surface area contributed by atoms with Gasteiger partial charge in [-0.15, -0.1) is 13.2 Å². The summed E-state index contributed by atoms with van der Waals surface area (Å²) in [6.45, 7) is -0.0406. The van der Waals surface area contributed by atoms with Crippen molar-refractivity contribution < 1.29 is 40.2 Å². The van der Waals surface area contributed by atoms with Crippen molar-refractivity contribution in [2.75, 3.05) is 6.61 Å². The van der Waals surface area contributed by atoms with Gasteiger partial charge in [0.15, 0.2) is 11.6 Å². The lowest BCUT2D eigenvalue weighted by Gasteiger charge is -2.38. The van der Waals surface area contributed by atoms with E-state index in [0.29, 0.717) is 0 Å². The number of amides is 1. The van der Waals surface area contributed by atoms with E-state index in [1.165, 1.54) is 36.5 Å². The fourth-order valence-electron chi connectivity index (χ4n) is 3.86. The first kappa shape index (κ1) is 24.4. The second-order valence-corrected chi connectivity index (χ2v) is 9.16. The SMILES string of the molecule is NC(=O)c1ccccc1S(=O)(=O)N[C@]1(c2ccc(OC(F)(F)F)c(F)c2)CCOc2cccnc21. The molecule has 2 aromatic carbocycles. The molecule has 1 aliphatic rings. The van der Waals surface area contributed by atoms with Gasteiger partial charge >= 0.3 is 6.36 Å². The number of primary amides is 1. The second kappa shape index (κ2) is 8.82. The molecule has 3 aromatic rings. The molecule has 0 saturated carbocycles. The molecular formula is C22H17F4N3O5S. The van der Waals surface area contributed by atoms with Crippen LogP contribution in [0.4, 0.5) is 17.6 Å². The third-order valence-corrected chi connectivity index (χ3v) is 6.86. The topological polar surface area (TPSA) is 121 Å². The molecule has 0 bridgehead atoms. The molecule has 1 atom stereocenters. The highest BCUT2D eigenvalue weighted by atomic mass is 32.2. The maximum absolute atomic E-state index is 14.7. The lowest BCUT2D eigenvalue weighted by molar-refractivity contribution is -0.275. The summed E-state index contributed by atoms with van der Waals surface area (Å²) in [5.74, 6) is -3.28. The van der Waals surface area contributed by atoms with Crippen LogP contribution in [0.2, 0.25) is 0 Å². The molecule has 4 rings (SSSR count). The average molecular weight is 511 g/mol. The first-order chi connectivity index (χ1) is 16.4. The summed E-state index contributed by atoms with van der Waals surface area (Å²) in [5.41, 5.74) is 3.27. The lowest BCUT2D eigenvalue weighted by atomic mass is 9.82. The van der Waals surface area contributed by atoms with Crippen LogP contribution in [0.5, 0.6) is 11.5 Å². The highest BCUT2D eigenvalue weighted by Gasteiger charge is 2.45. The number of nitrogens with two attached hydrogens (primary N) is 1. The van der Waals surface area contributed by atoms with Gasteiger partial charge in [-0.2, -0.15) is 4.72 Å². The van der Waals surface area contributed by atoms with Crippen molar-refractivity contribution in [2.24, 2.45) is 5.73 Å². The maximum atomic E-state index is 14.7. The zero-order valence-electron chi connectivity index (χ0n) is 17.7. The Morgan fingerprint density at radius 1 is 1.14 bits per heavy atom. The summed E-state index contributed by atoms with van der Waals surface area (Å²) < 4.78 is 91.3. The van der Waals surface area contributed by atoms with E-state index in [9.17, 15) is 30.8 Å². The number of sulfonamides is 1. The molecule has 0 fully saturated rings. The van der Waals surface area contributed by atoms with Gasteiger partial charge in [-0.25, -0.2) is 12.8 Å². The zero-order chi connectivity index (χ0) is 25.4. The number of carbonyl (C=O) groups excluding carboxylic acids is 1.